The fourth-order valence-electron chi connectivity index (χ4n) is 1.57. The third-order valence-electron chi connectivity index (χ3n) is 3.23. The zero-order valence-electron chi connectivity index (χ0n) is 11.4. The van der Waals surface area contributed by atoms with Crippen LogP contribution in [0.1, 0.15) is 24.5 Å². The van der Waals surface area contributed by atoms with E-state index in [1.807, 2.05) is 0 Å². The van der Waals surface area contributed by atoms with Crippen LogP contribution in [0, 0.1) is 13.8 Å². The number of carbonyl (C=O) groups is 1. The molecule has 0 saturated heterocycles. The minimum absolute atomic E-state index is 0.594. The van der Waals surface area contributed by atoms with Crippen molar-refractivity contribution in [2.24, 2.45) is 0 Å². The summed E-state index contributed by atoms with van der Waals surface area (Å²) >= 11 is 1.72. The summed E-state index contributed by atoms with van der Waals surface area (Å²) in [5.41, 5.74) is 1.63. The minimum atomic E-state index is -0.843. The second-order valence-electron chi connectivity index (χ2n) is 4.75. The van der Waals surface area contributed by atoms with Crippen molar-refractivity contribution >= 4 is 17.7 Å². The van der Waals surface area contributed by atoms with Crippen LogP contribution in [0.4, 0.5) is 0 Å². The fraction of sp³-hybridized carbons (Fsp3) is 0.500. The van der Waals surface area contributed by atoms with Crippen molar-refractivity contribution in [2.75, 3.05) is 12.8 Å². The maximum atomic E-state index is 11.1. The number of aliphatic carboxylic acids is 1. The molecule has 4 heteroatoms. The Kier molecular flexibility index (Phi) is 5.23. The van der Waals surface area contributed by atoms with E-state index in [-0.39, 0.29) is 0 Å². The largest absolute Gasteiger partial charge is 0.480 e. The molecular weight excluding hydrogens is 246 g/mol. The fourth-order valence-corrected chi connectivity index (χ4v) is 2.86. The molecule has 1 atom stereocenters. The topological polar surface area (TPSA) is 49.3 Å². The predicted molar refractivity (Wildman–Crippen MR) is 76.4 cm³/mol. The number of rotatable bonds is 6. The molecule has 0 aliphatic heterocycles. The first-order chi connectivity index (χ1) is 8.39. The average Bonchev–Trinajstić information content (AvgIpc) is 2.33. The molecule has 0 aliphatic carbocycles. The number of carboxylic acids is 1. The lowest BCUT2D eigenvalue weighted by molar-refractivity contribution is -0.144. The summed E-state index contributed by atoms with van der Waals surface area (Å²) in [5.74, 6) is -0.0138. The van der Waals surface area contributed by atoms with Crippen molar-refractivity contribution in [1.29, 1.82) is 0 Å². The van der Waals surface area contributed by atoms with Crippen LogP contribution < -0.4 is 5.32 Å². The molecule has 3 nitrogen and oxygen atoms in total. The van der Waals surface area contributed by atoms with Crippen molar-refractivity contribution < 1.29 is 9.90 Å². The zero-order valence-corrected chi connectivity index (χ0v) is 12.2. The summed E-state index contributed by atoms with van der Waals surface area (Å²) in [6.07, 6.45) is 0.594. The Balaban J connectivity index is 2.61. The molecule has 2 N–H and O–H groups in total. The summed E-state index contributed by atoms with van der Waals surface area (Å²) in [6.45, 7) is 5.87. The Bertz CT molecular complexity index is 434. The molecule has 0 aliphatic rings. The number of hydrogen-bond donors (Lipinski definition) is 2. The first-order valence-corrected chi connectivity index (χ1v) is 7.00. The number of nitrogens with one attached hydrogen (secondary N) is 1. The summed E-state index contributed by atoms with van der Waals surface area (Å²) in [6, 6.07) is 6.35. The van der Waals surface area contributed by atoms with Crippen molar-refractivity contribution in [3.8, 4) is 0 Å². The highest BCUT2D eigenvalue weighted by Gasteiger charge is 2.30. The van der Waals surface area contributed by atoms with Crippen molar-refractivity contribution in [1.82, 2.24) is 5.32 Å². The standard InChI is InChI=1S/C14H21NO2S/c1-10-5-6-11(2)12(9-10)18-8-7-14(3,15-4)13(16)17/h5-6,9,15H,7-8H2,1-4H3,(H,16,17). The smallest absolute Gasteiger partial charge is 0.323 e. The van der Waals surface area contributed by atoms with E-state index in [1.54, 1.807) is 25.7 Å². The van der Waals surface area contributed by atoms with E-state index in [1.165, 1.54) is 16.0 Å². The molecule has 1 aromatic rings. The molecule has 18 heavy (non-hydrogen) atoms. The Morgan fingerprint density at radius 1 is 1.44 bits per heavy atom. The minimum Gasteiger partial charge on any atom is -0.480 e. The summed E-state index contributed by atoms with van der Waals surface area (Å²) in [4.78, 5) is 12.4. The van der Waals surface area contributed by atoms with Gasteiger partial charge in [-0.1, -0.05) is 17.7 Å². The van der Waals surface area contributed by atoms with Crippen LogP contribution in [-0.2, 0) is 4.79 Å². The molecule has 0 aromatic heterocycles. The lowest BCUT2D eigenvalue weighted by atomic mass is 10.00. The molecule has 0 fully saturated rings. The predicted octanol–water partition coefficient (Wildman–Crippen LogP) is 2.85. The highest BCUT2D eigenvalue weighted by atomic mass is 32.2. The average molecular weight is 267 g/mol. The van der Waals surface area contributed by atoms with E-state index < -0.39 is 11.5 Å². The van der Waals surface area contributed by atoms with Gasteiger partial charge in [0.2, 0.25) is 0 Å². The second-order valence-corrected chi connectivity index (χ2v) is 5.89. The molecule has 100 valence electrons. The van der Waals surface area contributed by atoms with Gasteiger partial charge in [-0.3, -0.25) is 4.79 Å². The summed E-state index contributed by atoms with van der Waals surface area (Å²) < 4.78 is 0. The molecule has 1 unspecified atom stereocenters. The van der Waals surface area contributed by atoms with Crippen LogP contribution >= 0.6 is 11.8 Å². The molecule has 0 heterocycles. The zero-order chi connectivity index (χ0) is 13.8. The van der Waals surface area contributed by atoms with Gasteiger partial charge < -0.3 is 10.4 Å². The normalized spacial score (nSPS) is 14.2. The van der Waals surface area contributed by atoms with Crippen molar-refractivity contribution in [3.63, 3.8) is 0 Å². The molecular formula is C14H21NO2S. The number of benzene rings is 1. The molecule has 1 rings (SSSR count). The molecule has 1 aromatic carbocycles. The molecule has 0 radical (unpaired) electrons. The van der Waals surface area contributed by atoms with Gasteiger partial charge in [0.05, 0.1) is 0 Å². The van der Waals surface area contributed by atoms with Gasteiger partial charge in [-0.05, 0) is 45.9 Å². The third-order valence-corrected chi connectivity index (χ3v) is 4.39. The van der Waals surface area contributed by atoms with Gasteiger partial charge in [-0.25, -0.2) is 0 Å². The third kappa shape index (κ3) is 3.75. The van der Waals surface area contributed by atoms with Gasteiger partial charge in [0.25, 0.3) is 0 Å². The lowest BCUT2D eigenvalue weighted by Gasteiger charge is -2.23. The molecule has 0 spiro atoms. The second kappa shape index (κ2) is 6.25. The van der Waals surface area contributed by atoms with Gasteiger partial charge in [0.1, 0.15) is 5.54 Å². The summed E-state index contributed by atoms with van der Waals surface area (Å²) in [5, 5.41) is 12.0. The van der Waals surface area contributed by atoms with E-state index in [9.17, 15) is 4.79 Å². The Morgan fingerprint density at radius 3 is 2.67 bits per heavy atom. The number of thioether (sulfide) groups is 1. The number of likely N-dealkylation sites (N-methyl/N-ethyl adjacent to an activating group) is 1. The van der Waals surface area contributed by atoms with Gasteiger partial charge in [0.15, 0.2) is 0 Å². The van der Waals surface area contributed by atoms with Crippen molar-refractivity contribution in [3.05, 3.63) is 29.3 Å². The van der Waals surface area contributed by atoms with Gasteiger partial charge in [0, 0.05) is 10.6 Å². The highest BCUT2D eigenvalue weighted by Crippen LogP contribution is 2.26. The van der Waals surface area contributed by atoms with Crippen LogP contribution in [0.15, 0.2) is 23.1 Å². The van der Waals surface area contributed by atoms with Crippen LogP contribution in [-0.4, -0.2) is 29.4 Å². The summed E-state index contributed by atoms with van der Waals surface area (Å²) in [7, 11) is 1.69. The van der Waals surface area contributed by atoms with Gasteiger partial charge in [-0.2, -0.15) is 0 Å². The van der Waals surface area contributed by atoms with E-state index in [2.05, 4.69) is 37.4 Å². The SMILES string of the molecule is CNC(C)(CCSc1cc(C)ccc1C)C(=O)O. The maximum Gasteiger partial charge on any atom is 0.323 e. The van der Waals surface area contributed by atoms with E-state index in [0.717, 1.165) is 5.75 Å². The van der Waals surface area contributed by atoms with Crippen LogP contribution in [0.2, 0.25) is 0 Å². The molecule has 0 saturated carbocycles. The molecule has 0 bridgehead atoms. The van der Waals surface area contributed by atoms with Crippen molar-refractivity contribution in [2.45, 2.75) is 37.6 Å². The first-order valence-electron chi connectivity index (χ1n) is 6.01. The Labute approximate surface area is 113 Å². The van der Waals surface area contributed by atoms with Crippen LogP contribution in [0.5, 0.6) is 0 Å². The van der Waals surface area contributed by atoms with E-state index >= 15 is 0 Å². The Hall–Kier alpha value is -1.00. The molecule has 0 amide bonds. The number of carboxylic acid groups (broad SMARTS) is 1. The van der Waals surface area contributed by atoms with Crippen LogP contribution in [0.25, 0.3) is 0 Å². The quantitative estimate of drug-likeness (QED) is 0.778. The maximum absolute atomic E-state index is 11.1. The first kappa shape index (κ1) is 15.1. The van der Waals surface area contributed by atoms with Crippen LogP contribution in [0.3, 0.4) is 0 Å². The van der Waals surface area contributed by atoms with E-state index in [4.69, 9.17) is 5.11 Å². The highest BCUT2D eigenvalue weighted by molar-refractivity contribution is 7.99. The number of hydrogen-bond acceptors (Lipinski definition) is 3. The van der Waals surface area contributed by atoms with Gasteiger partial charge in [-0.15, -0.1) is 11.8 Å². The monoisotopic (exact) mass is 267 g/mol. The van der Waals surface area contributed by atoms with Gasteiger partial charge >= 0.3 is 5.97 Å². The number of aryl methyl sites for hydroxylation is 2. The van der Waals surface area contributed by atoms with E-state index in [0.29, 0.717) is 6.42 Å². The Morgan fingerprint density at radius 2 is 2.11 bits per heavy atom. The lowest BCUT2D eigenvalue weighted by Crippen LogP contribution is -2.47.